The zero-order valence-corrected chi connectivity index (χ0v) is 10.6. The number of rotatable bonds is 4. The summed E-state index contributed by atoms with van der Waals surface area (Å²) in [5.41, 5.74) is 0. The van der Waals surface area contributed by atoms with Gasteiger partial charge in [0.15, 0.2) is 0 Å². The highest BCUT2D eigenvalue weighted by atomic mass is 35.5. The molecule has 0 aromatic rings. The van der Waals surface area contributed by atoms with Crippen molar-refractivity contribution in [2.75, 3.05) is 0 Å². The molecule has 1 aliphatic carbocycles. The molecule has 18 heavy (non-hydrogen) atoms. The maximum absolute atomic E-state index is 14.3. The summed E-state index contributed by atoms with van der Waals surface area (Å²) in [6.45, 7) is 0. The first-order valence-corrected chi connectivity index (χ1v) is 6.24. The van der Waals surface area contributed by atoms with Crippen LogP contribution < -0.4 is 0 Å². The summed E-state index contributed by atoms with van der Waals surface area (Å²) in [4.78, 5) is 0. The first kappa shape index (κ1) is 15.1. The van der Waals surface area contributed by atoms with Gasteiger partial charge in [-0.3, -0.25) is 0 Å². The Balaban J connectivity index is 2.94. The normalized spacial score (nSPS) is 27.9. The Morgan fingerprint density at radius 3 is 2.28 bits per heavy atom. The Hall–Kier alpha value is -0.940. The Kier molecular flexibility index (Phi) is 4.87. The van der Waals surface area contributed by atoms with Crippen molar-refractivity contribution >= 4 is 11.6 Å². The zero-order chi connectivity index (χ0) is 13.8. The second-order valence-corrected chi connectivity index (χ2v) is 5.23. The molecule has 6 heteroatoms. The SMILES string of the molecule is N#CCC1CCCCC1C(F)(Cl)C(F)(F)CC#N. The second-order valence-electron chi connectivity index (χ2n) is 4.68. The number of hydrogen-bond acceptors (Lipinski definition) is 2. The topological polar surface area (TPSA) is 47.6 Å². The molecular weight excluding hydrogens is 265 g/mol. The van der Waals surface area contributed by atoms with E-state index >= 15 is 0 Å². The van der Waals surface area contributed by atoms with Crippen molar-refractivity contribution in [1.82, 2.24) is 0 Å². The van der Waals surface area contributed by atoms with Gasteiger partial charge in [0.2, 0.25) is 5.13 Å². The molecule has 1 fully saturated rings. The summed E-state index contributed by atoms with van der Waals surface area (Å²) in [5, 5.41) is 13.7. The van der Waals surface area contributed by atoms with E-state index in [0.717, 1.165) is 6.42 Å². The molecule has 0 aromatic heterocycles. The van der Waals surface area contributed by atoms with E-state index in [9.17, 15) is 13.2 Å². The van der Waals surface area contributed by atoms with E-state index in [1.165, 1.54) is 6.07 Å². The molecule has 0 aromatic carbocycles. The average molecular weight is 279 g/mol. The summed E-state index contributed by atoms with van der Waals surface area (Å²) >= 11 is 5.44. The van der Waals surface area contributed by atoms with Crippen LogP contribution >= 0.6 is 11.6 Å². The Morgan fingerprint density at radius 2 is 1.72 bits per heavy atom. The molecule has 0 bridgehead atoms. The molecule has 1 rings (SSSR count). The van der Waals surface area contributed by atoms with E-state index < -0.39 is 29.3 Å². The number of nitriles is 2. The van der Waals surface area contributed by atoms with Crippen LogP contribution in [0.5, 0.6) is 0 Å². The first-order valence-electron chi connectivity index (χ1n) is 5.86. The fourth-order valence-electron chi connectivity index (χ4n) is 2.53. The van der Waals surface area contributed by atoms with Crippen LogP contribution in [0.3, 0.4) is 0 Å². The van der Waals surface area contributed by atoms with Gasteiger partial charge in [-0.2, -0.15) is 10.5 Å². The predicted molar refractivity (Wildman–Crippen MR) is 60.5 cm³/mol. The fraction of sp³-hybridized carbons (Fsp3) is 0.833. The monoisotopic (exact) mass is 278 g/mol. The molecule has 1 saturated carbocycles. The lowest BCUT2D eigenvalue weighted by molar-refractivity contribution is -0.130. The Labute approximate surface area is 109 Å². The minimum Gasteiger partial charge on any atom is -0.219 e. The summed E-state index contributed by atoms with van der Waals surface area (Å²) in [5.74, 6) is -5.43. The third-order valence-electron chi connectivity index (χ3n) is 3.52. The van der Waals surface area contributed by atoms with Crippen molar-refractivity contribution in [1.29, 1.82) is 10.5 Å². The van der Waals surface area contributed by atoms with Crippen LogP contribution in [0.25, 0.3) is 0 Å². The van der Waals surface area contributed by atoms with Gasteiger partial charge in [0, 0.05) is 12.3 Å². The van der Waals surface area contributed by atoms with Gasteiger partial charge in [-0.25, -0.2) is 13.2 Å². The van der Waals surface area contributed by atoms with E-state index in [0.29, 0.717) is 12.8 Å². The average Bonchev–Trinajstić information content (AvgIpc) is 2.29. The summed E-state index contributed by atoms with van der Waals surface area (Å²) in [6.07, 6.45) is 0.939. The minimum absolute atomic E-state index is 0.0195. The van der Waals surface area contributed by atoms with E-state index in [-0.39, 0.29) is 12.8 Å². The van der Waals surface area contributed by atoms with Crippen LogP contribution in [0.4, 0.5) is 13.2 Å². The van der Waals surface area contributed by atoms with Gasteiger partial charge in [0.1, 0.15) is 6.42 Å². The van der Waals surface area contributed by atoms with Gasteiger partial charge >= 0.3 is 5.92 Å². The van der Waals surface area contributed by atoms with Crippen molar-refractivity contribution in [3.05, 3.63) is 0 Å². The van der Waals surface area contributed by atoms with Gasteiger partial charge in [-0.1, -0.05) is 24.4 Å². The van der Waals surface area contributed by atoms with Crippen LogP contribution in [0.2, 0.25) is 0 Å². The van der Waals surface area contributed by atoms with Crippen LogP contribution in [-0.4, -0.2) is 11.1 Å². The maximum atomic E-state index is 14.3. The van der Waals surface area contributed by atoms with Gasteiger partial charge < -0.3 is 0 Å². The molecule has 0 saturated heterocycles. The highest BCUT2D eigenvalue weighted by molar-refractivity contribution is 6.23. The van der Waals surface area contributed by atoms with E-state index in [1.54, 1.807) is 0 Å². The van der Waals surface area contributed by atoms with Crippen LogP contribution in [0, 0.1) is 34.5 Å². The van der Waals surface area contributed by atoms with Crippen molar-refractivity contribution in [3.8, 4) is 12.1 Å². The maximum Gasteiger partial charge on any atom is 0.308 e. The van der Waals surface area contributed by atoms with E-state index in [4.69, 9.17) is 22.1 Å². The van der Waals surface area contributed by atoms with Crippen molar-refractivity contribution in [2.24, 2.45) is 11.8 Å². The second kappa shape index (κ2) is 5.80. The summed E-state index contributed by atoms with van der Waals surface area (Å²) < 4.78 is 41.4. The molecular formula is C12H14ClF3N2. The van der Waals surface area contributed by atoms with Crippen LogP contribution in [0.15, 0.2) is 0 Å². The first-order chi connectivity index (χ1) is 8.36. The van der Waals surface area contributed by atoms with Gasteiger partial charge in [0.25, 0.3) is 0 Å². The highest BCUT2D eigenvalue weighted by Crippen LogP contribution is 2.51. The lowest BCUT2D eigenvalue weighted by Gasteiger charge is -2.40. The molecule has 0 radical (unpaired) electrons. The number of alkyl halides is 4. The molecule has 0 aliphatic heterocycles. The van der Waals surface area contributed by atoms with Crippen molar-refractivity contribution in [3.63, 3.8) is 0 Å². The molecule has 0 amide bonds. The number of halogens is 4. The van der Waals surface area contributed by atoms with Gasteiger partial charge in [-0.15, -0.1) is 0 Å². The largest absolute Gasteiger partial charge is 0.308 e. The fourth-order valence-corrected chi connectivity index (χ4v) is 2.89. The predicted octanol–water partition coefficient (Wildman–Crippen LogP) is 4.16. The summed E-state index contributed by atoms with van der Waals surface area (Å²) in [7, 11) is 0. The molecule has 0 heterocycles. The molecule has 0 N–H and O–H groups in total. The Morgan fingerprint density at radius 1 is 1.11 bits per heavy atom. The smallest absolute Gasteiger partial charge is 0.219 e. The standard InChI is InChI=1S/C12H14ClF3N2/c13-12(16,11(14,15)6-8-18)10-4-2-1-3-9(10)5-7-17/h9-10H,1-6H2. The third-order valence-corrected chi connectivity index (χ3v) is 4.07. The number of nitrogens with zero attached hydrogens (tertiary/aromatic N) is 2. The summed E-state index contributed by atoms with van der Waals surface area (Å²) in [6, 6.07) is 3.15. The van der Waals surface area contributed by atoms with Crippen LogP contribution in [-0.2, 0) is 0 Å². The van der Waals surface area contributed by atoms with E-state index in [1.807, 2.05) is 6.07 Å². The van der Waals surface area contributed by atoms with E-state index in [2.05, 4.69) is 0 Å². The molecule has 100 valence electrons. The van der Waals surface area contributed by atoms with Crippen molar-refractivity contribution < 1.29 is 13.2 Å². The molecule has 3 atom stereocenters. The lowest BCUT2D eigenvalue weighted by Crippen LogP contribution is -2.48. The third kappa shape index (κ3) is 2.90. The molecule has 1 aliphatic rings. The van der Waals surface area contributed by atoms with Gasteiger partial charge in [0.05, 0.1) is 12.1 Å². The number of hydrogen-bond donors (Lipinski definition) is 0. The highest BCUT2D eigenvalue weighted by Gasteiger charge is 2.60. The zero-order valence-electron chi connectivity index (χ0n) is 9.80. The van der Waals surface area contributed by atoms with Crippen molar-refractivity contribution in [2.45, 2.75) is 49.6 Å². The Bertz CT molecular complexity index is 370. The molecule has 2 nitrogen and oxygen atoms in total. The quantitative estimate of drug-likeness (QED) is 0.725. The molecule has 0 spiro atoms. The lowest BCUT2D eigenvalue weighted by atomic mass is 9.73. The minimum atomic E-state index is -3.89. The van der Waals surface area contributed by atoms with Crippen LogP contribution in [0.1, 0.15) is 38.5 Å². The molecule has 3 unspecified atom stereocenters. The van der Waals surface area contributed by atoms with Gasteiger partial charge in [-0.05, 0) is 18.8 Å².